The highest BCUT2D eigenvalue weighted by atomic mass is 15.3. The van der Waals surface area contributed by atoms with E-state index in [2.05, 4.69) is 25.7 Å². The number of imidazole rings is 2. The van der Waals surface area contributed by atoms with E-state index in [4.69, 9.17) is 4.98 Å². The predicted octanol–water partition coefficient (Wildman–Crippen LogP) is 2.65. The van der Waals surface area contributed by atoms with Crippen LogP contribution in [-0.4, -0.2) is 29.1 Å². The van der Waals surface area contributed by atoms with Crippen LogP contribution >= 0.6 is 0 Å². The van der Waals surface area contributed by atoms with Crippen LogP contribution in [0.5, 0.6) is 0 Å². The number of nitriles is 1. The van der Waals surface area contributed by atoms with E-state index in [0.29, 0.717) is 11.3 Å². The average molecular weight is 341 g/mol. The SMILES string of the molecule is Cc1cccc(-c2nc3c(n2-c2ccc4ncc(C#N)n4n2)CCC3)n1. The minimum atomic E-state index is 0.411. The quantitative estimate of drug-likeness (QED) is 0.559. The molecule has 0 amide bonds. The second-order valence-electron chi connectivity index (χ2n) is 6.40. The van der Waals surface area contributed by atoms with Gasteiger partial charge in [0.05, 0.1) is 11.9 Å². The van der Waals surface area contributed by atoms with Crippen molar-refractivity contribution in [3.8, 4) is 23.4 Å². The van der Waals surface area contributed by atoms with E-state index in [1.807, 2.05) is 37.3 Å². The Balaban J connectivity index is 1.78. The van der Waals surface area contributed by atoms with Gasteiger partial charge in [0.25, 0.3) is 0 Å². The van der Waals surface area contributed by atoms with Gasteiger partial charge in [0, 0.05) is 11.4 Å². The Kier molecular flexibility index (Phi) is 3.12. The molecule has 1 aliphatic rings. The van der Waals surface area contributed by atoms with E-state index in [-0.39, 0.29) is 0 Å². The zero-order chi connectivity index (χ0) is 17.7. The van der Waals surface area contributed by atoms with Crippen molar-refractivity contribution in [2.45, 2.75) is 26.2 Å². The van der Waals surface area contributed by atoms with Crippen LogP contribution in [0.25, 0.3) is 23.0 Å². The molecule has 4 heterocycles. The summed E-state index contributed by atoms with van der Waals surface area (Å²) < 4.78 is 3.65. The van der Waals surface area contributed by atoms with Crippen molar-refractivity contribution in [3.05, 3.63) is 59.3 Å². The summed E-state index contributed by atoms with van der Waals surface area (Å²) in [5.74, 6) is 1.52. The molecular weight excluding hydrogens is 326 g/mol. The number of nitrogens with zero attached hydrogens (tertiary/aromatic N) is 7. The fourth-order valence-electron chi connectivity index (χ4n) is 3.52. The maximum atomic E-state index is 9.28. The molecule has 126 valence electrons. The zero-order valence-electron chi connectivity index (χ0n) is 14.2. The first-order chi connectivity index (χ1) is 12.7. The maximum Gasteiger partial charge on any atom is 0.165 e. The fraction of sp³-hybridized carbons (Fsp3) is 0.211. The first kappa shape index (κ1) is 14.8. The van der Waals surface area contributed by atoms with Crippen molar-refractivity contribution in [1.82, 2.24) is 29.1 Å². The minimum Gasteiger partial charge on any atom is -0.278 e. The first-order valence-corrected chi connectivity index (χ1v) is 8.54. The first-order valence-electron chi connectivity index (χ1n) is 8.54. The number of aryl methyl sites for hydroxylation is 2. The molecule has 0 N–H and O–H groups in total. The Morgan fingerprint density at radius 3 is 2.88 bits per heavy atom. The van der Waals surface area contributed by atoms with Crippen LogP contribution in [0.15, 0.2) is 36.5 Å². The lowest BCUT2D eigenvalue weighted by Crippen LogP contribution is -2.08. The van der Waals surface area contributed by atoms with Gasteiger partial charge in [-0.3, -0.25) is 4.57 Å². The van der Waals surface area contributed by atoms with Crippen molar-refractivity contribution < 1.29 is 0 Å². The van der Waals surface area contributed by atoms with Crippen LogP contribution in [-0.2, 0) is 12.8 Å². The second-order valence-corrected chi connectivity index (χ2v) is 6.40. The molecule has 5 rings (SSSR count). The number of fused-ring (bicyclic) bond motifs is 2. The van der Waals surface area contributed by atoms with E-state index in [1.54, 1.807) is 4.52 Å². The summed E-state index contributed by atoms with van der Waals surface area (Å²) in [6.07, 6.45) is 4.56. The highest BCUT2D eigenvalue weighted by Crippen LogP contribution is 2.30. The third-order valence-corrected chi connectivity index (χ3v) is 4.69. The highest BCUT2D eigenvalue weighted by molar-refractivity contribution is 5.57. The molecule has 0 atom stereocenters. The van der Waals surface area contributed by atoms with E-state index in [0.717, 1.165) is 48.0 Å². The van der Waals surface area contributed by atoms with Gasteiger partial charge in [0.1, 0.15) is 11.8 Å². The summed E-state index contributed by atoms with van der Waals surface area (Å²) in [6.45, 7) is 1.97. The molecule has 1 aliphatic carbocycles. The molecule has 0 spiro atoms. The molecule has 0 saturated carbocycles. The number of hydrogen-bond donors (Lipinski definition) is 0. The maximum absolute atomic E-state index is 9.28. The molecule has 0 aliphatic heterocycles. The third kappa shape index (κ3) is 2.12. The van der Waals surface area contributed by atoms with Crippen LogP contribution in [0.4, 0.5) is 0 Å². The van der Waals surface area contributed by atoms with Crippen LogP contribution in [0.1, 0.15) is 29.2 Å². The Hall–Kier alpha value is -3.53. The van der Waals surface area contributed by atoms with Gasteiger partial charge in [-0.25, -0.2) is 19.5 Å². The van der Waals surface area contributed by atoms with Gasteiger partial charge in [-0.2, -0.15) is 5.26 Å². The number of aromatic nitrogens is 6. The Morgan fingerprint density at radius 2 is 2.04 bits per heavy atom. The van der Waals surface area contributed by atoms with Gasteiger partial charge >= 0.3 is 0 Å². The minimum absolute atomic E-state index is 0.411. The molecule has 0 radical (unpaired) electrons. The summed E-state index contributed by atoms with van der Waals surface area (Å²) in [5.41, 5.74) is 5.12. The van der Waals surface area contributed by atoms with Gasteiger partial charge in [-0.15, -0.1) is 5.10 Å². The Bertz CT molecular complexity index is 1190. The van der Waals surface area contributed by atoms with Crippen molar-refractivity contribution >= 4 is 5.65 Å². The molecular formula is C19H15N7. The largest absolute Gasteiger partial charge is 0.278 e. The summed E-state index contributed by atoms with van der Waals surface area (Å²) in [6, 6.07) is 11.9. The zero-order valence-corrected chi connectivity index (χ0v) is 14.2. The third-order valence-electron chi connectivity index (χ3n) is 4.69. The van der Waals surface area contributed by atoms with Gasteiger partial charge in [-0.1, -0.05) is 6.07 Å². The lowest BCUT2D eigenvalue weighted by atomic mass is 10.3. The van der Waals surface area contributed by atoms with Crippen molar-refractivity contribution in [2.24, 2.45) is 0 Å². The van der Waals surface area contributed by atoms with Gasteiger partial charge in [0.15, 0.2) is 23.0 Å². The molecule has 4 aromatic rings. The predicted molar refractivity (Wildman–Crippen MR) is 94.8 cm³/mol. The molecule has 0 bridgehead atoms. The standard InChI is InChI=1S/C19H15N7/c1-12-4-2-6-15(22-12)19-23-14-5-3-7-16(14)25(19)18-9-8-17-21-11-13(10-20)26(17)24-18/h2,4,6,8-9,11H,3,5,7H2,1H3. The Morgan fingerprint density at radius 1 is 1.12 bits per heavy atom. The van der Waals surface area contributed by atoms with Crippen LogP contribution in [0.3, 0.4) is 0 Å². The van der Waals surface area contributed by atoms with Crippen molar-refractivity contribution in [3.63, 3.8) is 0 Å². The topological polar surface area (TPSA) is 84.7 Å². The van der Waals surface area contributed by atoms with Crippen LogP contribution in [0.2, 0.25) is 0 Å². The molecule has 7 nitrogen and oxygen atoms in total. The van der Waals surface area contributed by atoms with Gasteiger partial charge < -0.3 is 0 Å². The summed E-state index contributed by atoms with van der Waals surface area (Å²) in [7, 11) is 0. The molecule has 0 unspecified atom stereocenters. The molecule has 4 aromatic heterocycles. The molecule has 0 fully saturated rings. The molecule has 26 heavy (non-hydrogen) atoms. The lowest BCUT2D eigenvalue weighted by molar-refractivity contribution is 0.806. The highest BCUT2D eigenvalue weighted by Gasteiger charge is 2.25. The van der Waals surface area contributed by atoms with E-state index >= 15 is 0 Å². The smallest absolute Gasteiger partial charge is 0.165 e. The fourth-order valence-corrected chi connectivity index (χ4v) is 3.52. The molecule has 7 heteroatoms. The summed E-state index contributed by atoms with van der Waals surface area (Å²) in [5, 5.41) is 13.9. The molecule has 0 aromatic carbocycles. The van der Waals surface area contributed by atoms with Gasteiger partial charge in [-0.05, 0) is 50.5 Å². The number of hydrogen-bond acceptors (Lipinski definition) is 5. The Labute approximate surface area is 149 Å². The van der Waals surface area contributed by atoms with Crippen LogP contribution in [0, 0.1) is 18.3 Å². The molecule has 0 saturated heterocycles. The number of rotatable bonds is 2. The average Bonchev–Trinajstić information content (AvgIpc) is 3.34. The monoisotopic (exact) mass is 341 g/mol. The van der Waals surface area contributed by atoms with Gasteiger partial charge in [0.2, 0.25) is 0 Å². The second kappa shape index (κ2) is 5.49. The summed E-state index contributed by atoms with van der Waals surface area (Å²) >= 11 is 0. The van der Waals surface area contributed by atoms with E-state index in [9.17, 15) is 5.26 Å². The number of pyridine rings is 1. The van der Waals surface area contributed by atoms with Crippen LogP contribution < -0.4 is 0 Å². The summed E-state index contributed by atoms with van der Waals surface area (Å²) in [4.78, 5) is 13.7. The van der Waals surface area contributed by atoms with Crippen molar-refractivity contribution in [1.29, 1.82) is 5.26 Å². The van der Waals surface area contributed by atoms with E-state index in [1.165, 1.54) is 11.9 Å². The van der Waals surface area contributed by atoms with E-state index < -0.39 is 0 Å². The van der Waals surface area contributed by atoms with Crippen molar-refractivity contribution in [2.75, 3.05) is 0 Å². The normalized spacial score (nSPS) is 13.1. The lowest BCUT2D eigenvalue weighted by Gasteiger charge is -2.10.